The summed E-state index contributed by atoms with van der Waals surface area (Å²) in [6, 6.07) is 0. The van der Waals surface area contributed by atoms with E-state index in [1.807, 2.05) is 0 Å². The Bertz CT molecular complexity index is 385. The predicted octanol–water partition coefficient (Wildman–Crippen LogP) is -0.826. The predicted molar refractivity (Wildman–Crippen MR) is 50.2 cm³/mol. The number of aliphatic hydroxyl groups excluding tert-OH is 1. The van der Waals surface area contributed by atoms with Gasteiger partial charge < -0.3 is 5.11 Å². The second-order valence-electron chi connectivity index (χ2n) is 2.66. The number of hydrogen-bond donors (Lipinski definition) is 2. The number of nitrogens with zero attached hydrogens (tertiary/aromatic N) is 2. The lowest BCUT2D eigenvalue weighted by atomic mass is 10.7. The second kappa shape index (κ2) is 4.54. The van der Waals surface area contributed by atoms with Gasteiger partial charge in [0.1, 0.15) is 4.90 Å². The first-order valence-electron chi connectivity index (χ1n) is 4.23. The lowest BCUT2D eigenvalue weighted by Crippen LogP contribution is -2.22. The Morgan fingerprint density at radius 3 is 2.93 bits per heavy atom. The van der Waals surface area contributed by atoms with E-state index in [-0.39, 0.29) is 11.5 Å². The number of hydrogen-bond acceptors (Lipinski definition) is 4. The monoisotopic (exact) mass is 219 g/mol. The molecule has 0 aliphatic carbocycles. The van der Waals surface area contributed by atoms with Crippen LogP contribution in [-0.2, 0) is 16.6 Å². The van der Waals surface area contributed by atoms with Gasteiger partial charge in [-0.2, -0.15) is 5.10 Å². The molecule has 0 aliphatic rings. The first kappa shape index (κ1) is 11.2. The van der Waals surface area contributed by atoms with Gasteiger partial charge >= 0.3 is 0 Å². The molecule has 0 bridgehead atoms. The minimum atomic E-state index is -3.42. The van der Waals surface area contributed by atoms with E-state index < -0.39 is 10.0 Å². The summed E-state index contributed by atoms with van der Waals surface area (Å²) < 4.78 is 26.6. The molecule has 0 radical (unpaired) electrons. The van der Waals surface area contributed by atoms with Gasteiger partial charge in [-0.3, -0.25) is 4.68 Å². The molecular formula is C7H13N3O3S. The fourth-order valence-corrected chi connectivity index (χ4v) is 1.97. The summed E-state index contributed by atoms with van der Waals surface area (Å²) in [6.07, 6.45) is 2.64. The van der Waals surface area contributed by atoms with Crippen molar-refractivity contribution in [2.45, 2.75) is 18.4 Å². The van der Waals surface area contributed by atoms with Crippen LogP contribution in [-0.4, -0.2) is 36.5 Å². The smallest absolute Gasteiger partial charge is 0.243 e. The van der Waals surface area contributed by atoms with Gasteiger partial charge in [0, 0.05) is 12.7 Å². The van der Waals surface area contributed by atoms with Crippen molar-refractivity contribution in [3.05, 3.63) is 12.4 Å². The van der Waals surface area contributed by atoms with Crippen molar-refractivity contribution in [2.75, 3.05) is 13.2 Å². The SMILES string of the molecule is CCNS(=O)(=O)c1cnn(CCO)c1. The largest absolute Gasteiger partial charge is 0.394 e. The fourth-order valence-electron chi connectivity index (χ4n) is 0.981. The van der Waals surface area contributed by atoms with Gasteiger partial charge in [-0.25, -0.2) is 13.1 Å². The molecule has 80 valence electrons. The van der Waals surface area contributed by atoms with Crippen molar-refractivity contribution in [1.29, 1.82) is 0 Å². The van der Waals surface area contributed by atoms with Gasteiger partial charge in [0.15, 0.2) is 0 Å². The van der Waals surface area contributed by atoms with E-state index >= 15 is 0 Å². The minimum Gasteiger partial charge on any atom is -0.394 e. The standard InChI is InChI=1S/C7H13N3O3S/c1-2-9-14(12,13)7-5-8-10(6-7)3-4-11/h5-6,9,11H,2-4H2,1H3. The van der Waals surface area contributed by atoms with Crippen LogP contribution in [0.4, 0.5) is 0 Å². The van der Waals surface area contributed by atoms with Crippen molar-refractivity contribution in [3.8, 4) is 0 Å². The maximum atomic E-state index is 11.4. The first-order chi connectivity index (χ1) is 6.60. The highest BCUT2D eigenvalue weighted by Gasteiger charge is 2.14. The summed E-state index contributed by atoms with van der Waals surface area (Å²) in [5, 5.41) is 12.4. The summed E-state index contributed by atoms with van der Waals surface area (Å²) in [5.74, 6) is 0. The molecule has 6 nitrogen and oxygen atoms in total. The second-order valence-corrected chi connectivity index (χ2v) is 4.43. The highest BCUT2D eigenvalue weighted by molar-refractivity contribution is 7.89. The van der Waals surface area contributed by atoms with Crippen molar-refractivity contribution in [2.24, 2.45) is 0 Å². The summed E-state index contributed by atoms with van der Waals surface area (Å²) in [7, 11) is -3.42. The highest BCUT2D eigenvalue weighted by Crippen LogP contribution is 2.05. The minimum absolute atomic E-state index is 0.0671. The topological polar surface area (TPSA) is 84.2 Å². The highest BCUT2D eigenvalue weighted by atomic mass is 32.2. The number of sulfonamides is 1. The van der Waals surface area contributed by atoms with Gasteiger partial charge in [-0.15, -0.1) is 0 Å². The van der Waals surface area contributed by atoms with Gasteiger partial charge in [-0.1, -0.05) is 6.92 Å². The molecule has 0 amide bonds. The van der Waals surface area contributed by atoms with Crippen molar-refractivity contribution >= 4 is 10.0 Å². The zero-order chi connectivity index (χ0) is 10.6. The van der Waals surface area contributed by atoms with Crippen molar-refractivity contribution in [1.82, 2.24) is 14.5 Å². The van der Waals surface area contributed by atoms with Crippen LogP contribution in [0.1, 0.15) is 6.92 Å². The zero-order valence-electron chi connectivity index (χ0n) is 7.84. The lowest BCUT2D eigenvalue weighted by Gasteiger charge is -1.99. The first-order valence-corrected chi connectivity index (χ1v) is 5.71. The van der Waals surface area contributed by atoms with E-state index in [9.17, 15) is 8.42 Å². The maximum absolute atomic E-state index is 11.4. The third kappa shape index (κ3) is 2.53. The van der Waals surface area contributed by atoms with E-state index in [1.54, 1.807) is 6.92 Å². The molecule has 0 saturated carbocycles. The average Bonchev–Trinajstić information content (AvgIpc) is 2.54. The Morgan fingerprint density at radius 2 is 2.36 bits per heavy atom. The number of rotatable bonds is 5. The van der Waals surface area contributed by atoms with Crippen LogP contribution >= 0.6 is 0 Å². The van der Waals surface area contributed by atoms with Crippen LogP contribution in [0.25, 0.3) is 0 Å². The van der Waals surface area contributed by atoms with Gasteiger partial charge in [0.2, 0.25) is 10.0 Å². The van der Waals surface area contributed by atoms with E-state index in [4.69, 9.17) is 5.11 Å². The molecular weight excluding hydrogens is 206 g/mol. The number of aliphatic hydroxyl groups is 1. The van der Waals surface area contributed by atoms with Crippen LogP contribution in [0, 0.1) is 0 Å². The van der Waals surface area contributed by atoms with Crippen LogP contribution in [0.5, 0.6) is 0 Å². The Kier molecular flexibility index (Phi) is 3.62. The fraction of sp³-hybridized carbons (Fsp3) is 0.571. The quantitative estimate of drug-likeness (QED) is 0.677. The van der Waals surface area contributed by atoms with Crippen molar-refractivity contribution < 1.29 is 13.5 Å². The molecule has 0 unspecified atom stereocenters. The number of nitrogens with one attached hydrogen (secondary N) is 1. The summed E-state index contributed by atoms with van der Waals surface area (Å²) >= 11 is 0. The van der Waals surface area contributed by atoms with E-state index in [2.05, 4.69) is 9.82 Å². The molecule has 0 atom stereocenters. The van der Waals surface area contributed by atoms with Gasteiger partial charge in [-0.05, 0) is 0 Å². The third-order valence-electron chi connectivity index (χ3n) is 1.58. The normalized spacial score (nSPS) is 11.9. The summed E-state index contributed by atoms with van der Waals surface area (Å²) in [4.78, 5) is 0.118. The molecule has 0 saturated heterocycles. The molecule has 1 aromatic rings. The lowest BCUT2D eigenvalue weighted by molar-refractivity contribution is 0.269. The molecule has 2 N–H and O–H groups in total. The molecule has 0 aromatic carbocycles. The van der Waals surface area contributed by atoms with E-state index in [0.29, 0.717) is 13.1 Å². The molecule has 1 aromatic heterocycles. The summed E-state index contributed by atoms with van der Waals surface area (Å²) in [6.45, 7) is 2.27. The Morgan fingerprint density at radius 1 is 1.64 bits per heavy atom. The molecule has 1 heterocycles. The van der Waals surface area contributed by atoms with Gasteiger partial charge in [0.25, 0.3) is 0 Å². The molecule has 0 spiro atoms. The van der Waals surface area contributed by atoms with Crippen LogP contribution in [0.15, 0.2) is 17.3 Å². The molecule has 14 heavy (non-hydrogen) atoms. The van der Waals surface area contributed by atoms with E-state index in [0.717, 1.165) is 0 Å². The van der Waals surface area contributed by atoms with Gasteiger partial charge in [0.05, 0.1) is 19.3 Å². The van der Waals surface area contributed by atoms with Crippen LogP contribution in [0.2, 0.25) is 0 Å². The number of aromatic nitrogens is 2. The Hall–Kier alpha value is -0.920. The van der Waals surface area contributed by atoms with Crippen LogP contribution in [0.3, 0.4) is 0 Å². The third-order valence-corrected chi connectivity index (χ3v) is 3.08. The van der Waals surface area contributed by atoms with E-state index in [1.165, 1.54) is 17.1 Å². The van der Waals surface area contributed by atoms with Crippen molar-refractivity contribution in [3.63, 3.8) is 0 Å². The zero-order valence-corrected chi connectivity index (χ0v) is 8.66. The Labute approximate surface area is 82.6 Å². The summed E-state index contributed by atoms with van der Waals surface area (Å²) in [5.41, 5.74) is 0. The van der Waals surface area contributed by atoms with Crippen LogP contribution < -0.4 is 4.72 Å². The molecule has 0 aliphatic heterocycles. The molecule has 7 heteroatoms. The molecule has 1 rings (SSSR count). The molecule has 0 fully saturated rings. The average molecular weight is 219 g/mol. The Balaban J connectivity index is 2.86. The maximum Gasteiger partial charge on any atom is 0.243 e.